The molecule has 1 saturated heterocycles. The van der Waals surface area contributed by atoms with Gasteiger partial charge in [-0.15, -0.1) is 0 Å². The van der Waals surface area contributed by atoms with Crippen molar-refractivity contribution in [1.29, 1.82) is 0 Å². The van der Waals surface area contributed by atoms with Crippen LogP contribution in [0.4, 0.5) is 5.69 Å². The quantitative estimate of drug-likeness (QED) is 0.650. The normalized spacial score (nSPS) is 23.0. The fourth-order valence-electron chi connectivity index (χ4n) is 4.34. The SMILES string of the molecule is Cc1cc(=O)oc2cc(NC(=O)[C@H](C)N3C(=O)[C@H]4CCCC[C@@H]4C3=O)ccc12. The fraction of sp³-hybridized carbons (Fsp3) is 0.429. The summed E-state index contributed by atoms with van der Waals surface area (Å²) < 4.78 is 5.20. The number of imide groups is 1. The molecule has 28 heavy (non-hydrogen) atoms. The molecule has 2 heterocycles. The monoisotopic (exact) mass is 382 g/mol. The zero-order valence-electron chi connectivity index (χ0n) is 15.9. The molecular formula is C21H22N2O5. The van der Waals surface area contributed by atoms with Crippen LogP contribution in [0.2, 0.25) is 0 Å². The largest absolute Gasteiger partial charge is 0.423 e. The number of hydrogen-bond acceptors (Lipinski definition) is 5. The van der Waals surface area contributed by atoms with Gasteiger partial charge in [-0.05, 0) is 44.4 Å². The van der Waals surface area contributed by atoms with E-state index in [1.165, 1.54) is 6.07 Å². The van der Waals surface area contributed by atoms with Crippen molar-refractivity contribution in [3.05, 3.63) is 40.2 Å². The Bertz CT molecular complexity index is 1020. The van der Waals surface area contributed by atoms with Crippen molar-refractivity contribution in [2.45, 2.75) is 45.6 Å². The number of hydrogen-bond donors (Lipinski definition) is 1. The number of aryl methyl sites for hydroxylation is 1. The minimum absolute atomic E-state index is 0.238. The third kappa shape index (κ3) is 3.00. The molecule has 0 unspecified atom stereocenters. The zero-order valence-corrected chi connectivity index (χ0v) is 15.9. The second-order valence-corrected chi connectivity index (χ2v) is 7.67. The van der Waals surface area contributed by atoms with Crippen LogP contribution in [0, 0.1) is 18.8 Å². The molecule has 1 N–H and O–H groups in total. The molecule has 1 aromatic heterocycles. The third-order valence-electron chi connectivity index (χ3n) is 5.86. The first-order valence-electron chi connectivity index (χ1n) is 9.59. The minimum atomic E-state index is -0.897. The average molecular weight is 382 g/mol. The number of nitrogens with one attached hydrogen (secondary N) is 1. The highest BCUT2D eigenvalue weighted by Gasteiger charge is 2.50. The predicted octanol–water partition coefficient (Wildman–Crippen LogP) is 2.60. The van der Waals surface area contributed by atoms with Gasteiger partial charge in [0, 0.05) is 23.2 Å². The Morgan fingerprint density at radius 1 is 1.11 bits per heavy atom. The van der Waals surface area contributed by atoms with Gasteiger partial charge in [0.1, 0.15) is 11.6 Å². The molecule has 0 radical (unpaired) electrons. The molecule has 3 amide bonds. The van der Waals surface area contributed by atoms with Gasteiger partial charge < -0.3 is 9.73 Å². The van der Waals surface area contributed by atoms with Crippen LogP contribution in [-0.2, 0) is 14.4 Å². The van der Waals surface area contributed by atoms with Gasteiger partial charge in [-0.25, -0.2) is 4.79 Å². The lowest BCUT2D eigenvalue weighted by molar-refractivity contribution is -0.146. The summed E-state index contributed by atoms with van der Waals surface area (Å²) in [7, 11) is 0. The van der Waals surface area contributed by atoms with E-state index in [1.807, 2.05) is 6.92 Å². The van der Waals surface area contributed by atoms with Gasteiger partial charge in [0.15, 0.2) is 0 Å². The Balaban J connectivity index is 1.55. The molecule has 1 aliphatic heterocycles. The molecular weight excluding hydrogens is 360 g/mol. The van der Waals surface area contributed by atoms with E-state index in [4.69, 9.17) is 4.42 Å². The van der Waals surface area contributed by atoms with Gasteiger partial charge in [-0.3, -0.25) is 19.3 Å². The van der Waals surface area contributed by atoms with Crippen molar-refractivity contribution >= 4 is 34.4 Å². The summed E-state index contributed by atoms with van der Waals surface area (Å²) >= 11 is 0. The van der Waals surface area contributed by atoms with Crippen molar-refractivity contribution in [2.24, 2.45) is 11.8 Å². The summed E-state index contributed by atoms with van der Waals surface area (Å²) in [6.07, 6.45) is 3.30. The van der Waals surface area contributed by atoms with Crippen LogP contribution in [-0.4, -0.2) is 28.7 Å². The van der Waals surface area contributed by atoms with Crippen LogP contribution in [0.25, 0.3) is 11.0 Å². The van der Waals surface area contributed by atoms with Crippen molar-refractivity contribution < 1.29 is 18.8 Å². The second kappa shape index (κ2) is 6.89. The number of likely N-dealkylation sites (tertiary alicyclic amines) is 1. The summed E-state index contributed by atoms with van der Waals surface area (Å²) in [5.41, 5.74) is 1.13. The summed E-state index contributed by atoms with van der Waals surface area (Å²) in [5, 5.41) is 3.50. The molecule has 1 aliphatic carbocycles. The van der Waals surface area contributed by atoms with Gasteiger partial charge in [-0.1, -0.05) is 12.8 Å². The summed E-state index contributed by atoms with van der Waals surface area (Å²) in [6.45, 7) is 3.37. The standard InChI is InChI=1S/C21H22N2O5/c1-11-9-18(24)28-17-10-13(7-8-14(11)17)22-19(25)12(2)23-20(26)15-5-3-4-6-16(15)21(23)27/h7-10,12,15-16H,3-6H2,1-2H3,(H,22,25)/t12-,15-,16-/m0/s1. The first-order valence-corrected chi connectivity index (χ1v) is 9.59. The Kier molecular flexibility index (Phi) is 4.53. The minimum Gasteiger partial charge on any atom is -0.423 e. The maximum Gasteiger partial charge on any atom is 0.336 e. The first kappa shape index (κ1) is 18.4. The Labute approximate surface area is 161 Å². The topological polar surface area (TPSA) is 96.7 Å². The zero-order chi connectivity index (χ0) is 20.0. The molecule has 2 aliphatic rings. The lowest BCUT2D eigenvalue weighted by Crippen LogP contribution is -2.46. The molecule has 2 fully saturated rings. The number of amides is 3. The van der Waals surface area contributed by atoms with E-state index in [0.29, 0.717) is 24.1 Å². The number of carbonyl (C=O) groups excluding carboxylic acids is 3. The van der Waals surface area contributed by atoms with E-state index in [1.54, 1.807) is 25.1 Å². The van der Waals surface area contributed by atoms with Gasteiger partial charge in [0.05, 0.1) is 11.8 Å². The van der Waals surface area contributed by atoms with Gasteiger partial charge >= 0.3 is 5.63 Å². The smallest absolute Gasteiger partial charge is 0.336 e. The number of anilines is 1. The number of fused-ring (bicyclic) bond motifs is 2. The van der Waals surface area contributed by atoms with E-state index in [9.17, 15) is 19.2 Å². The molecule has 3 atom stereocenters. The molecule has 0 spiro atoms. The lowest BCUT2D eigenvalue weighted by Gasteiger charge is -2.22. The Morgan fingerprint density at radius 2 is 1.75 bits per heavy atom. The van der Waals surface area contributed by atoms with Crippen molar-refractivity contribution in [1.82, 2.24) is 4.90 Å². The Hall–Kier alpha value is -2.96. The average Bonchev–Trinajstić information content (AvgIpc) is 2.91. The van der Waals surface area contributed by atoms with Crippen molar-refractivity contribution in [3.8, 4) is 0 Å². The van der Waals surface area contributed by atoms with E-state index in [2.05, 4.69) is 5.32 Å². The van der Waals surface area contributed by atoms with Crippen LogP contribution >= 0.6 is 0 Å². The lowest BCUT2D eigenvalue weighted by atomic mass is 9.81. The highest BCUT2D eigenvalue weighted by molar-refractivity contribution is 6.10. The van der Waals surface area contributed by atoms with E-state index in [-0.39, 0.29) is 23.7 Å². The molecule has 1 saturated carbocycles. The van der Waals surface area contributed by atoms with Gasteiger partial charge in [0.25, 0.3) is 0 Å². The first-order chi connectivity index (χ1) is 13.4. The number of carbonyl (C=O) groups is 3. The van der Waals surface area contributed by atoms with Crippen LogP contribution in [0.1, 0.15) is 38.2 Å². The van der Waals surface area contributed by atoms with Crippen LogP contribution < -0.4 is 10.9 Å². The maximum atomic E-state index is 12.7. The summed E-state index contributed by atoms with van der Waals surface area (Å²) in [4.78, 5) is 50.8. The van der Waals surface area contributed by atoms with Crippen LogP contribution in [0.5, 0.6) is 0 Å². The van der Waals surface area contributed by atoms with Gasteiger partial charge in [0.2, 0.25) is 17.7 Å². The third-order valence-corrected chi connectivity index (χ3v) is 5.86. The number of benzene rings is 1. The van der Waals surface area contributed by atoms with E-state index < -0.39 is 17.6 Å². The van der Waals surface area contributed by atoms with Crippen molar-refractivity contribution in [3.63, 3.8) is 0 Å². The van der Waals surface area contributed by atoms with E-state index in [0.717, 1.165) is 28.7 Å². The number of rotatable bonds is 3. The van der Waals surface area contributed by atoms with Crippen molar-refractivity contribution in [2.75, 3.05) is 5.32 Å². The van der Waals surface area contributed by atoms with Gasteiger partial charge in [-0.2, -0.15) is 0 Å². The molecule has 2 aromatic rings. The fourth-order valence-corrected chi connectivity index (χ4v) is 4.34. The predicted molar refractivity (Wildman–Crippen MR) is 103 cm³/mol. The Morgan fingerprint density at radius 3 is 2.39 bits per heavy atom. The molecule has 0 bridgehead atoms. The molecule has 7 nitrogen and oxygen atoms in total. The molecule has 1 aromatic carbocycles. The molecule has 4 rings (SSSR count). The highest BCUT2D eigenvalue weighted by Crippen LogP contribution is 2.39. The second-order valence-electron chi connectivity index (χ2n) is 7.67. The summed E-state index contributed by atoms with van der Waals surface area (Å²) in [6, 6.07) is 5.54. The van der Waals surface area contributed by atoms with Crippen LogP contribution in [0.15, 0.2) is 33.5 Å². The number of nitrogens with zero attached hydrogens (tertiary/aromatic N) is 1. The van der Waals surface area contributed by atoms with Crippen LogP contribution in [0.3, 0.4) is 0 Å². The summed E-state index contributed by atoms with van der Waals surface area (Å²) in [5.74, 6) is -1.49. The molecule has 7 heteroatoms. The highest BCUT2D eigenvalue weighted by atomic mass is 16.4. The van der Waals surface area contributed by atoms with E-state index >= 15 is 0 Å². The molecule has 146 valence electrons. The maximum absolute atomic E-state index is 12.7.